The third-order valence-corrected chi connectivity index (χ3v) is 3.20. The van der Waals surface area contributed by atoms with E-state index in [0.717, 1.165) is 22.6 Å². The number of rotatable bonds is 1. The molecule has 2 N–H and O–H groups in total. The van der Waals surface area contributed by atoms with Gasteiger partial charge in [0.15, 0.2) is 11.5 Å². The predicted octanol–water partition coefficient (Wildman–Crippen LogP) is 3.36. The molecule has 0 radical (unpaired) electrons. The van der Waals surface area contributed by atoms with Crippen LogP contribution < -0.4 is 15.2 Å². The van der Waals surface area contributed by atoms with Crippen molar-refractivity contribution in [1.29, 1.82) is 0 Å². The predicted molar refractivity (Wildman–Crippen MR) is 72.3 cm³/mol. The number of benzene rings is 2. The van der Waals surface area contributed by atoms with Crippen molar-refractivity contribution in [2.75, 3.05) is 18.9 Å². The van der Waals surface area contributed by atoms with E-state index in [1.165, 1.54) is 0 Å². The van der Waals surface area contributed by atoms with E-state index in [1.54, 1.807) is 6.07 Å². The van der Waals surface area contributed by atoms with Gasteiger partial charge in [-0.2, -0.15) is 0 Å². The van der Waals surface area contributed by atoms with Crippen molar-refractivity contribution >= 4 is 17.3 Å². The van der Waals surface area contributed by atoms with E-state index in [-0.39, 0.29) is 0 Å². The summed E-state index contributed by atoms with van der Waals surface area (Å²) in [7, 11) is 0. The average Bonchev–Trinajstić information content (AvgIpc) is 2.41. The first kappa shape index (κ1) is 11.2. The number of nitrogens with two attached hydrogens (primary N) is 1. The van der Waals surface area contributed by atoms with Crippen LogP contribution in [-0.2, 0) is 0 Å². The monoisotopic (exact) mass is 261 g/mol. The summed E-state index contributed by atoms with van der Waals surface area (Å²) in [6.07, 6.45) is 0. The summed E-state index contributed by atoms with van der Waals surface area (Å²) in [5.74, 6) is 1.55. The van der Waals surface area contributed by atoms with E-state index in [2.05, 4.69) is 0 Å². The second-order valence-electron chi connectivity index (χ2n) is 4.09. The van der Waals surface area contributed by atoms with Crippen LogP contribution in [0.2, 0.25) is 5.02 Å². The highest BCUT2D eigenvalue weighted by atomic mass is 35.5. The van der Waals surface area contributed by atoms with E-state index in [1.807, 2.05) is 30.3 Å². The molecule has 0 unspecified atom stereocenters. The topological polar surface area (TPSA) is 44.5 Å². The van der Waals surface area contributed by atoms with Crippen LogP contribution in [0.4, 0.5) is 5.69 Å². The van der Waals surface area contributed by atoms with Crippen LogP contribution in [0.1, 0.15) is 0 Å². The molecule has 1 aliphatic rings. The molecule has 0 saturated heterocycles. The molecule has 92 valence electrons. The Kier molecular flexibility index (Phi) is 2.76. The number of hydrogen-bond acceptors (Lipinski definition) is 3. The second-order valence-corrected chi connectivity index (χ2v) is 4.50. The molecule has 3 rings (SSSR count). The SMILES string of the molecule is Nc1ccc(-c2ccc3c(c2)OCCO3)cc1Cl. The van der Waals surface area contributed by atoms with Crippen molar-refractivity contribution in [3.8, 4) is 22.6 Å². The van der Waals surface area contributed by atoms with Gasteiger partial charge in [-0.1, -0.05) is 23.7 Å². The Morgan fingerprint density at radius 3 is 2.33 bits per heavy atom. The van der Waals surface area contributed by atoms with Crippen LogP contribution in [-0.4, -0.2) is 13.2 Å². The Hall–Kier alpha value is -1.87. The van der Waals surface area contributed by atoms with Crippen LogP contribution in [0.15, 0.2) is 36.4 Å². The van der Waals surface area contributed by atoms with E-state index in [9.17, 15) is 0 Å². The number of nitrogen functional groups attached to an aromatic ring is 1. The molecule has 0 amide bonds. The number of anilines is 1. The molecule has 1 aliphatic heterocycles. The molecule has 2 aromatic carbocycles. The Balaban J connectivity index is 2.03. The van der Waals surface area contributed by atoms with Crippen molar-refractivity contribution in [3.05, 3.63) is 41.4 Å². The molecule has 18 heavy (non-hydrogen) atoms. The van der Waals surface area contributed by atoms with Crippen LogP contribution in [0.25, 0.3) is 11.1 Å². The summed E-state index contributed by atoms with van der Waals surface area (Å²) in [5.41, 5.74) is 8.32. The third kappa shape index (κ3) is 1.97. The Morgan fingerprint density at radius 2 is 1.56 bits per heavy atom. The maximum absolute atomic E-state index is 6.03. The standard InChI is InChI=1S/C14H12ClNO2/c15-11-7-9(1-3-12(11)16)10-2-4-13-14(8-10)18-6-5-17-13/h1-4,7-8H,5-6,16H2. The molecule has 0 fully saturated rings. The van der Waals surface area contributed by atoms with Gasteiger partial charge in [-0.05, 0) is 35.4 Å². The minimum atomic E-state index is 0.558. The normalized spacial score (nSPS) is 13.4. The molecule has 0 saturated carbocycles. The maximum atomic E-state index is 6.03. The van der Waals surface area contributed by atoms with Gasteiger partial charge < -0.3 is 15.2 Å². The Morgan fingerprint density at radius 1 is 0.889 bits per heavy atom. The van der Waals surface area contributed by atoms with E-state index in [4.69, 9.17) is 26.8 Å². The fourth-order valence-corrected chi connectivity index (χ4v) is 2.11. The van der Waals surface area contributed by atoms with Gasteiger partial charge in [0.25, 0.3) is 0 Å². The average molecular weight is 262 g/mol. The van der Waals surface area contributed by atoms with Crippen molar-refractivity contribution in [3.63, 3.8) is 0 Å². The molecule has 0 bridgehead atoms. The van der Waals surface area contributed by atoms with Gasteiger partial charge in [-0.3, -0.25) is 0 Å². The largest absolute Gasteiger partial charge is 0.486 e. The van der Waals surface area contributed by atoms with Crippen LogP contribution in [0.3, 0.4) is 0 Å². The first-order chi connectivity index (χ1) is 8.74. The third-order valence-electron chi connectivity index (χ3n) is 2.88. The first-order valence-corrected chi connectivity index (χ1v) is 6.07. The molecule has 0 atom stereocenters. The lowest BCUT2D eigenvalue weighted by atomic mass is 10.0. The van der Waals surface area contributed by atoms with Gasteiger partial charge in [0.1, 0.15) is 13.2 Å². The lowest BCUT2D eigenvalue weighted by Gasteiger charge is -2.19. The van der Waals surface area contributed by atoms with Gasteiger partial charge >= 0.3 is 0 Å². The van der Waals surface area contributed by atoms with E-state index < -0.39 is 0 Å². The quantitative estimate of drug-likeness (QED) is 0.801. The highest BCUT2D eigenvalue weighted by Crippen LogP contribution is 2.35. The molecule has 2 aromatic rings. The lowest BCUT2D eigenvalue weighted by molar-refractivity contribution is 0.171. The van der Waals surface area contributed by atoms with Crippen LogP contribution >= 0.6 is 11.6 Å². The van der Waals surface area contributed by atoms with Gasteiger partial charge in [-0.15, -0.1) is 0 Å². The Labute approximate surface area is 110 Å². The molecular formula is C14H12ClNO2. The maximum Gasteiger partial charge on any atom is 0.161 e. The highest BCUT2D eigenvalue weighted by Gasteiger charge is 2.12. The zero-order valence-corrected chi connectivity index (χ0v) is 10.4. The summed E-state index contributed by atoms with van der Waals surface area (Å²) in [4.78, 5) is 0. The number of hydrogen-bond donors (Lipinski definition) is 1. The Bertz CT molecular complexity index is 598. The van der Waals surface area contributed by atoms with Gasteiger partial charge in [0.05, 0.1) is 10.7 Å². The fourth-order valence-electron chi connectivity index (χ4n) is 1.93. The summed E-state index contributed by atoms with van der Waals surface area (Å²) in [5, 5.41) is 0.558. The molecule has 3 nitrogen and oxygen atoms in total. The number of fused-ring (bicyclic) bond motifs is 1. The van der Waals surface area contributed by atoms with Gasteiger partial charge in [-0.25, -0.2) is 0 Å². The minimum absolute atomic E-state index is 0.558. The zero-order chi connectivity index (χ0) is 12.5. The fraction of sp³-hybridized carbons (Fsp3) is 0.143. The summed E-state index contributed by atoms with van der Waals surface area (Å²) < 4.78 is 11.0. The highest BCUT2D eigenvalue weighted by molar-refractivity contribution is 6.33. The van der Waals surface area contributed by atoms with Crippen LogP contribution in [0.5, 0.6) is 11.5 Å². The van der Waals surface area contributed by atoms with E-state index in [0.29, 0.717) is 23.9 Å². The molecule has 0 aliphatic carbocycles. The van der Waals surface area contributed by atoms with Gasteiger partial charge in [0, 0.05) is 0 Å². The van der Waals surface area contributed by atoms with Crippen molar-refractivity contribution in [2.45, 2.75) is 0 Å². The smallest absolute Gasteiger partial charge is 0.161 e. The van der Waals surface area contributed by atoms with E-state index >= 15 is 0 Å². The number of ether oxygens (including phenoxy) is 2. The minimum Gasteiger partial charge on any atom is -0.486 e. The summed E-state index contributed by atoms with van der Waals surface area (Å²) in [6.45, 7) is 1.18. The summed E-state index contributed by atoms with van der Waals surface area (Å²) in [6, 6.07) is 11.4. The van der Waals surface area contributed by atoms with Crippen LogP contribution in [0, 0.1) is 0 Å². The zero-order valence-electron chi connectivity index (χ0n) is 9.65. The molecule has 1 heterocycles. The first-order valence-electron chi connectivity index (χ1n) is 5.69. The van der Waals surface area contributed by atoms with Crippen molar-refractivity contribution in [1.82, 2.24) is 0 Å². The van der Waals surface area contributed by atoms with Crippen molar-refractivity contribution < 1.29 is 9.47 Å². The lowest BCUT2D eigenvalue weighted by Crippen LogP contribution is -2.15. The molecule has 4 heteroatoms. The summed E-state index contributed by atoms with van der Waals surface area (Å²) >= 11 is 6.03. The van der Waals surface area contributed by atoms with Crippen molar-refractivity contribution in [2.24, 2.45) is 0 Å². The second kappa shape index (κ2) is 4.42. The number of halogens is 1. The molecule has 0 aromatic heterocycles. The molecule has 0 spiro atoms. The van der Waals surface area contributed by atoms with Gasteiger partial charge in [0.2, 0.25) is 0 Å². The molecular weight excluding hydrogens is 250 g/mol.